The van der Waals surface area contributed by atoms with Crippen LogP contribution in [0.2, 0.25) is 0 Å². The van der Waals surface area contributed by atoms with E-state index >= 15 is 0 Å². The van der Waals surface area contributed by atoms with Gasteiger partial charge in [-0.25, -0.2) is 4.98 Å². The number of aryl methyl sites for hydroxylation is 2. The first-order valence-corrected chi connectivity index (χ1v) is 8.37. The summed E-state index contributed by atoms with van der Waals surface area (Å²) in [4.78, 5) is 16.8. The van der Waals surface area contributed by atoms with Gasteiger partial charge in [0.15, 0.2) is 0 Å². The maximum Gasteiger partial charge on any atom is 0.256 e. The highest BCUT2D eigenvalue weighted by atomic mass is 127. The number of thiazole rings is 1. The highest BCUT2D eigenvalue weighted by Crippen LogP contribution is 2.25. The van der Waals surface area contributed by atoms with Crippen LogP contribution in [0, 0.1) is 17.4 Å². The number of fused-ring (bicyclic) bond motifs is 1. The number of aromatic nitrogens is 1. The van der Waals surface area contributed by atoms with Crippen LogP contribution in [0.5, 0.6) is 0 Å². The number of hydrogen-bond donors (Lipinski definition) is 1. The standard InChI is InChI=1S/C16H13IN2OS/c1-9-3-5-13(17)12(7-9)16(20)19-11-4-6-14-15(8-11)21-10(2)18-14/h3-8H,1-2H3,(H,19,20). The third-order valence-corrected chi connectivity index (χ3v) is 4.99. The van der Waals surface area contributed by atoms with E-state index in [2.05, 4.69) is 32.9 Å². The van der Waals surface area contributed by atoms with Gasteiger partial charge in [-0.15, -0.1) is 11.3 Å². The zero-order chi connectivity index (χ0) is 15.0. The molecule has 5 heteroatoms. The molecule has 0 saturated carbocycles. The van der Waals surface area contributed by atoms with Crippen molar-refractivity contribution in [2.45, 2.75) is 13.8 Å². The summed E-state index contributed by atoms with van der Waals surface area (Å²) in [6, 6.07) is 11.7. The molecule has 1 heterocycles. The number of benzene rings is 2. The van der Waals surface area contributed by atoms with Crippen LogP contribution in [0.25, 0.3) is 10.2 Å². The van der Waals surface area contributed by atoms with Crippen LogP contribution in [-0.4, -0.2) is 10.9 Å². The molecule has 0 aliphatic carbocycles. The molecule has 0 saturated heterocycles. The molecular formula is C16H13IN2OS. The quantitative estimate of drug-likeness (QED) is 0.621. The highest BCUT2D eigenvalue weighted by Gasteiger charge is 2.11. The van der Waals surface area contributed by atoms with Crippen LogP contribution in [0.3, 0.4) is 0 Å². The zero-order valence-electron chi connectivity index (χ0n) is 11.6. The second-order valence-electron chi connectivity index (χ2n) is 4.85. The molecule has 0 fully saturated rings. The SMILES string of the molecule is Cc1ccc(I)c(C(=O)Nc2ccc3nc(C)sc3c2)c1. The van der Waals surface area contributed by atoms with Crippen molar-refractivity contribution in [3.63, 3.8) is 0 Å². The molecule has 1 amide bonds. The number of amides is 1. The van der Waals surface area contributed by atoms with Gasteiger partial charge in [-0.1, -0.05) is 11.6 Å². The zero-order valence-corrected chi connectivity index (χ0v) is 14.6. The maximum atomic E-state index is 12.4. The molecule has 0 unspecified atom stereocenters. The topological polar surface area (TPSA) is 42.0 Å². The molecule has 3 rings (SSSR count). The average molecular weight is 408 g/mol. The first-order valence-electron chi connectivity index (χ1n) is 6.47. The van der Waals surface area contributed by atoms with Crippen molar-refractivity contribution in [2.75, 3.05) is 5.32 Å². The molecule has 0 spiro atoms. The Hall–Kier alpha value is -1.47. The normalized spacial score (nSPS) is 10.8. The van der Waals surface area contributed by atoms with Gasteiger partial charge in [-0.05, 0) is 66.8 Å². The first kappa shape index (κ1) is 14.5. The van der Waals surface area contributed by atoms with Crippen molar-refractivity contribution >= 4 is 55.7 Å². The summed E-state index contributed by atoms with van der Waals surface area (Å²) in [7, 11) is 0. The number of halogens is 1. The third kappa shape index (κ3) is 3.08. The van der Waals surface area contributed by atoms with E-state index in [-0.39, 0.29) is 5.91 Å². The second-order valence-corrected chi connectivity index (χ2v) is 7.25. The van der Waals surface area contributed by atoms with Gasteiger partial charge in [0.25, 0.3) is 5.91 Å². The number of carbonyl (C=O) groups is 1. The van der Waals surface area contributed by atoms with Gasteiger partial charge >= 0.3 is 0 Å². The number of anilines is 1. The van der Waals surface area contributed by atoms with Crippen LogP contribution in [-0.2, 0) is 0 Å². The minimum Gasteiger partial charge on any atom is -0.322 e. The molecule has 21 heavy (non-hydrogen) atoms. The Morgan fingerprint density at radius 2 is 2.00 bits per heavy atom. The van der Waals surface area contributed by atoms with Gasteiger partial charge in [-0.3, -0.25) is 4.79 Å². The maximum absolute atomic E-state index is 12.4. The largest absolute Gasteiger partial charge is 0.322 e. The van der Waals surface area contributed by atoms with E-state index in [9.17, 15) is 4.79 Å². The lowest BCUT2D eigenvalue weighted by atomic mass is 10.1. The Morgan fingerprint density at radius 3 is 2.81 bits per heavy atom. The predicted octanol–water partition coefficient (Wildman–Crippen LogP) is 4.77. The molecule has 3 aromatic rings. The molecule has 0 bridgehead atoms. The minimum absolute atomic E-state index is 0.0799. The first-order chi connectivity index (χ1) is 10.0. The predicted molar refractivity (Wildman–Crippen MR) is 96.2 cm³/mol. The monoisotopic (exact) mass is 408 g/mol. The van der Waals surface area contributed by atoms with Crippen molar-refractivity contribution < 1.29 is 4.79 Å². The molecule has 0 aliphatic heterocycles. The van der Waals surface area contributed by atoms with Crippen molar-refractivity contribution in [2.24, 2.45) is 0 Å². The van der Waals surface area contributed by atoms with E-state index in [1.807, 2.05) is 50.2 Å². The summed E-state index contributed by atoms with van der Waals surface area (Å²) in [6.07, 6.45) is 0. The summed E-state index contributed by atoms with van der Waals surface area (Å²) >= 11 is 3.81. The lowest BCUT2D eigenvalue weighted by Gasteiger charge is -2.08. The average Bonchev–Trinajstić information content (AvgIpc) is 2.80. The molecule has 106 valence electrons. The van der Waals surface area contributed by atoms with Gasteiger partial charge in [-0.2, -0.15) is 0 Å². The van der Waals surface area contributed by atoms with Crippen LogP contribution >= 0.6 is 33.9 Å². The van der Waals surface area contributed by atoms with Crippen LogP contribution < -0.4 is 5.32 Å². The van der Waals surface area contributed by atoms with Crippen molar-refractivity contribution in [1.29, 1.82) is 0 Å². The van der Waals surface area contributed by atoms with Gasteiger partial charge in [0.05, 0.1) is 20.8 Å². The van der Waals surface area contributed by atoms with E-state index in [1.165, 1.54) is 0 Å². The van der Waals surface area contributed by atoms with E-state index in [4.69, 9.17) is 0 Å². The molecule has 0 radical (unpaired) electrons. The summed E-state index contributed by atoms with van der Waals surface area (Å²) in [5.41, 5.74) is 3.55. The Labute approximate surface area is 140 Å². The number of carbonyl (C=O) groups excluding carboxylic acids is 1. The van der Waals surface area contributed by atoms with E-state index < -0.39 is 0 Å². The smallest absolute Gasteiger partial charge is 0.256 e. The summed E-state index contributed by atoms with van der Waals surface area (Å²) in [5.74, 6) is -0.0799. The summed E-state index contributed by atoms with van der Waals surface area (Å²) in [6.45, 7) is 3.97. The fraction of sp³-hybridized carbons (Fsp3) is 0.125. The number of nitrogens with zero attached hydrogens (tertiary/aromatic N) is 1. The Balaban J connectivity index is 1.90. The summed E-state index contributed by atoms with van der Waals surface area (Å²) in [5, 5.41) is 3.99. The fourth-order valence-corrected chi connectivity index (χ4v) is 3.58. The Bertz CT molecular complexity index is 841. The lowest BCUT2D eigenvalue weighted by Crippen LogP contribution is -2.13. The van der Waals surface area contributed by atoms with Gasteiger partial charge in [0.2, 0.25) is 0 Å². The Morgan fingerprint density at radius 1 is 1.19 bits per heavy atom. The summed E-state index contributed by atoms with van der Waals surface area (Å²) < 4.78 is 2.04. The number of nitrogens with one attached hydrogen (secondary N) is 1. The molecule has 1 aromatic heterocycles. The highest BCUT2D eigenvalue weighted by molar-refractivity contribution is 14.1. The molecule has 2 aromatic carbocycles. The molecule has 0 aliphatic rings. The minimum atomic E-state index is -0.0799. The molecular weight excluding hydrogens is 395 g/mol. The van der Waals surface area contributed by atoms with Crippen LogP contribution in [0.1, 0.15) is 20.9 Å². The van der Waals surface area contributed by atoms with Crippen LogP contribution in [0.4, 0.5) is 5.69 Å². The van der Waals surface area contributed by atoms with Gasteiger partial charge in [0, 0.05) is 9.26 Å². The van der Waals surface area contributed by atoms with Gasteiger partial charge < -0.3 is 5.32 Å². The Kier molecular flexibility index (Phi) is 3.95. The van der Waals surface area contributed by atoms with E-state index in [1.54, 1.807) is 11.3 Å². The van der Waals surface area contributed by atoms with E-state index in [0.717, 1.165) is 30.0 Å². The third-order valence-electron chi connectivity index (χ3n) is 3.12. The van der Waals surface area contributed by atoms with Gasteiger partial charge in [0.1, 0.15) is 0 Å². The fourth-order valence-electron chi connectivity index (χ4n) is 2.13. The molecule has 3 nitrogen and oxygen atoms in total. The second kappa shape index (κ2) is 5.73. The van der Waals surface area contributed by atoms with Crippen molar-refractivity contribution in [1.82, 2.24) is 4.98 Å². The number of hydrogen-bond acceptors (Lipinski definition) is 3. The van der Waals surface area contributed by atoms with Crippen LogP contribution in [0.15, 0.2) is 36.4 Å². The molecule has 1 N–H and O–H groups in total. The lowest BCUT2D eigenvalue weighted by molar-refractivity contribution is 0.102. The van der Waals surface area contributed by atoms with Crippen molar-refractivity contribution in [3.8, 4) is 0 Å². The molecule has 0 atom stereocenters. The number of rotatable bonds is 2. The van der Waals surface area contributed by atoms with E-state index in [0.29, 0.717) is 5.56 Å². The van der Waals surface area contributed by atoms with Crippen molar-refractivity contribution in [3.05, 3.63) is 56.1 Å².